The summed E-state index contributed by atoms with van der Waals surface area (Å²) in [5.74, 6) is 0.842. The van der Waals surface area contributed by atoms with E-state index in [-0.39, 0.29) is 18.0 Å². The third-order valence-corrected chi connectivity index (χ3v) is 5.18. The van der Waals surface area contributed by atoms with Gasteiger partial charge in [0.1, 0.15) is 5.82 Å². The highest BCUT2D eigenvalue weighted by Crippen LogP contribution is 2.13. The zero-order chi connectivity index (χ0) is 22.2. The van der Waals surface area contributed by atoms with Crippen molar-refractivity contribution >= 4 is 17.8 Å². The van der Waals surface area contributed by atoms with Gasteiger partial charge in [-0.1, -0.05) is 18.2 Å². The van der Waals surface area contributed by atoms with Gasteiger partial charge < -0.3 is 25.8 Å². The lowest BCUT2D eigenvalue weighted by atomic mass is 10.1. The molecule has 2 aromatic rings. The molecule has 3 amide bonds. The lowest BCUT2D eigenvalue weighted by molar-refractivity contribution is 0.0951. The summed E-state index contributed by atoms with van der Waals surface area (Å²) >= 11 is 0. The molecule has 0 saturated carbocycles. The molecule has 1 aromatic carbocycles. The standard InChI is InChI=1S/C23H32N6O2/c1-17(2)27-23(31)26-14-18-4-7-20(8-5-18)22(30)25-16-19-6-9-21(24-15-19)29-12-10-28(3)11-13-29/h4-9,15,17H,10-14,16H2,1-3H3,(H,25,30)(H2,26,27,31). The maximum absolute atomic E-state index is 12.4. The number of aromatic nitrogens is 1. The molecule has 0 spiro atoms. The molecule has 1 fully saturated rings. The van der Waals surface area contributed by atoms with E-state index in [4.69, 9.17) is 0 Å². The predicted octanol–water partition coefficient (Wildman–Crippen LogP) is 1.97. The van der Waals surface area contributed by atoms with E-state index in [2.05, 4.69) is 37.8 Å². The highest BCUT2D eigenvalue weighted by atomic mass is 16.2. The molecule has 0 unspecified atom stereocenters. The van der Waals surface area contributed by atoms with Crippen molar-refractivity contribution < 1.29 is 9.59 Å². The average molecular weight is 425 g/mol. The van der Waals surface area contributed by atoms with Crippen LogP contribution in [-0.4, -0.2) is 61.1 Å². The Hall–Kier alpha value is -3.13. The van der Waals surface area contributed by atoms with Gasteiger partial charge in [-0.25, -0.2) is 9.78 Å². The molecule has 8 heteroatoms. The summed E-state index contributed by atoms with van der Waals surface area (Å²) in [6.07, 6.45) is 1.82. The third-order valence-electron chi connectivity index (χ3n) is 5.18. The summed E-state index contributed by atoms with van der Waals surface area (Å²) in [5, 5.41) is 8.50. The SMILES string of the molecule is CC(C)NC(=O)NCc1ccc(C(=O)NCc2ccc(N3CCN(C)CC3)nc2)cc1. The molecule has 3 N–H and O–H groups in total. The van der Waals surface area contributed by atoms with Crippen molar-refractivity contribution in [1.29, 1.82) is 0 Å². The molecule has 2 heterocycles. The number of nitrogens with zero attached hydrogens (tertiary/aromatic N) is 3. The summed E-state index contributed by atoms with van der Waals surface area (Å²) in [5.41, 5.74) is 2.47. The smallest absolute Gasteiger partial charge is 0.315 e. The maximum Gasteiger partial charge on any atom is 0.315 e. The minimum Gasteiger partial charge on any atom is -0.354 e. The van der Waals surface area contributed by atoms with Crippen LogP contribution in [0.15, 0.2) is 42.6 Å². The van der Waals surface area contributed by atoms with Gasteiger partial charge in [0, 0.05) is 57.1 Å². The van der Waals surface area contributed by atoms with E-state index in [1.54, 1.807) is 12.1 Å². The van der Waals surface area contributed by atoms with Gasteiger partial charge in [0.25, 0.3) is 5.91 Å². The number of urea groups is 1. The van der Waals surface area contributed by atoms with Crippen molar-refractivity contribution in [2.24, 2.45) is 0 Å². The zero-order valence-electron chi connectivity index (χ0n) is 18.5. The van der Waals surface area contributed by atoms with E-state index in [1.807, 2.05) is 44.3 Å². The number of rotatable bonds is 7. The molecule has 1 aromatic heterocycles. The molecule has 0 aliphatic carbocycles. The van der Waals surface area contributed by atoms with Crippen LogP contribution >= 0.6 is 0 Å². The first-order valence-corrected chi connectivity index (χ1v) is 10.7. The van der Waals surface area contributed by atoms with Crippen molar-refractivity contribution in [3.8, 4) is 0 Å². The summed E-state index contributed by atoms with van der Waals surface area (Å²) in [4.78, 5) is 33.2. The molecule has 1 saturated heterocycles. The largest absolute Gasteiger partial charge is 0.354 e. The lowest BCUT2D eigenvalue weighted by Gasteiger charge is -2.33. The van der Waals surface area contributed by atoms with Crippen molar-refractivity contribution in [2.75, 3.05) is 38.1 Å². The molecule has 1 aliphatic rings. The van der Waals surface area contributed by atoms with Crippen LogP contribution in [0.25, 0.3) is 0 Å². The Morgan fingerprint density at radius 1 is 0.935 bits per heavy atom. The fourth-order valence-corrected chi connectivity index (χ4v) is 3.30. The topological polar surface area (TPSA) is 89.6 Å². The van der Waals surface area contributed by atoms with Crippen molar-refractivity contribution in [1.82, 2.24) is 25.8 Å². The van der Waals surface area contributed by atoms with E-state index >= 15 is 0 Å². The number of likely N-dealkylation sites (N-methyl/N-ethyl adjacent to an activating group) is 1. The Kier molecular flexibility index (Phi) is 7.83. The van der Waals surface area contributed by atoms with Gasteiger partial charge in [-0.3, -0.25) is 4.79 Å². The number of piperazine rings is 1. The molecular weight excluding hydrogens is 392 g/mol. The van der Waals surface area contributed by atoms with Gasteiger partial charge >= 0.3 is 6.03 Å². The number of anilines is 1. The Bertz CT molecular complexity index is 859. The summed E-state index contributed by atoms with van der Waals surface area (Å²) in [7, 11) is 2.13. The molecule has 0 radical (unpaired) electrons. The van der Waals surface area contributed by atoms with Crippen molar-refractivity contribution in [3.63, 3.8) is 0 Å². The van der Waals surface area contributed by atoms with Gasteiger partial charge in [-0.15, -0.1) is 0 Å². The van der Waals surface area contributed by atoms with E-state index in [0.29, 0.717) is 18.7 Å². The van der Waals surface area contributed by atoms with Crippen LogP contribution in [-0.2, 0) is 13.1 Å². The number of carbonyl (C=O) groups is 2. The first kappa shape index (κ1) is 22.6. The summed E-state index contributed by atoms with van der Waals surface area (Å²) in [6.45, 7) is 8.69. The third kappa shape index (κ3) is 6.96. The van der Waals surface area contributed by atoms with E-state index in [1.165, 1.54) is 0 Å². The highest BCUT2D eigenvalue weighted by Gasteiger charge is 2.15. The molecular formula is C23H32N6O2. The summed E-state index contributed by atoms with van der Waals surface area (Å²) in [6, 6.07) is 11.1. The van der Waals surface area contributed by atoms with E-state index in [0.717, 1.165) is 43.1 Å². The molecule has 31 heavy (non-hydrogen) atoms. The van der Waals surface area contributed by atoms with Gasteiger partial charge in [-0.05, 0) is 50.2 Å². The number of carbonyl (C=O) groups excluding carboxylic acids is 2. The second-order valence-electron chi connectivity index (χ2n) is 8.18. The minimum absolute atomic E-state index is 0.0873. The number of benzene rings is 1. The lowest BCUT2D eigenvalue weighted by Crippen LogP contribution is -2.44. The van der Waals surface area contributed by atoms with Crippen LogP contribution in [0.2, 0.25) is 0 Å². The first-order chi connectivity index (χ1) is 14.9. The number of pyridine rings is 1. The van der Waals surface area contributed by atoms with Crippen LogP contribution in [0.5, 0.6) is 0 Å². The molecule has 1 aliphatic heterocycles. The zero-order valence-corrected chi connectivity index (χ0v) is 18.5. The van der Waals surface area contributed by atoms with Crippen LogP contribution in [0.1, 0.15) is 35.3 Å². The van der Waals surface area contributed by atoms with Gasteiger partial charge in [0.2, 0.25) is 0 Å². The van der Waals surface area contributed by atoms with Gasteiger partial charge in [0.05, 0.1) is 0 Å². The molecule has 166 valence electrons. The second kappa shape index (κ2) is 10.8. The minimum atomic E-state index is -0.205. The fraction of sp³-hybridized carbons (Fsp3) is 0.435. The number of hydrogen-bond acceptors (Lipinski definition) is 5. The summed E-state index contributed by atoms with van der Waals surface area (Å²) < 4.78 is 0. The predicted molar refractivity (Wildman–Crippen MR) is 122 cm³/mol. The number of hydrogen-bond donors (Lipinski definition) is 3. The quantitative estimate of drug-likeness (QED) is 0.632. The fourth-order valence-electron chi connectivity index (χ4n) is 3.30. The monoisotopic (exact) mass is 424 g/mol. The van der Waals surface area contributed by atoms with E-state index < -0.39 is 0 Å². The van der Waals surface area contributed by atoms with Crippen LogP contribution in [0.4, 0.5) is 10.6 Å². The Morgan fingerprint density at radius 2 is 1.58 bits per heavy atom. The van der Waals surface area contributed by atoms with E-state index in [9.17, 15) is 9.59 Å². The molecule has 3 rings (SSSR count). The molecule has 8 nitrogen and oxygen atoms in total. The second-order valence-corrected chi connectivity index (χ2v) is 8.18. The molecule has 0 atom stereocenters. The van der Waals surface area contributed by atoms with Crippen molar-refractivity contribution in [2.45, 2.75) is 33.0 Å². The van der Waals surface area contributed by atoms with Crippen LogP contribution < -0.4 is 20.9 Å². The van der Waals surface area contributed by atoms with Crippen molar-refractivity contribution in [3.05, 3.63) is 59.3 Å². The first-order valence-electron chi connectivity index (χ1n) is 10.7. The maximum atomic E-state index is 12.4. The van der Waals surface area contributed by atoms with Gasteiger partial charge in [-0.2, -0.15) is 0 Å². The Morgan fingerprint density at radius 3 is 2.19 bits per heavy atom. The Balaban J connectivity index is 1.45. The molecule has 0 bridgehead atoms. The highest BCUT2D eigenvalue weighted by molar-refractivity contribution is 5.94. The number of nitrogens with one attached hydrogen (secondary N) is 3. The Labute approximate surface area is 184 Å². The van der Waals surface area contributed by atoms with Crippen LogP contribution in [0, 0.1) is 0 Å². The van der Waals surface area contributed by atoms with Gasteiger partial charge in [0.15, 0.2) is 0 Å². The number of amides is 3. The van der Waals surface area contributed by atoms with Crippen LogP contribution in [0.3, 0.4) is 0 Å². The normalized spacial score (nSPS) is 14.4. The average Bonchev–Trinajstić information content (AvgIpc) is 2.77.